The lowest BCUT2D eigenvalue weighted by atomic mass is 9.66. The summed E-state index contributed by atoms with van der Waals surface area (Å²) in [6, 6.07) is 7.90. The molecule has 134 valence electrons. The predicted molar refractivity (Wildman–Crippen MR) is 97.5 cm³/mol. The maximum Gasteiger partial charge on any atom is 0.303 e. The van der Waals surface area contributed by atoms with Gasteiger partial charge in [-0.2, -0.15) is 0 Å². The minimum atomic E-state index is -0.751. The number of hydrogen-bond donors (Lipinski definition) is 1. The second kappa shape index (κ2) is 9.10. The maximum atomic E-state index is 10.6. The Balaban J connectivity index is 1.83. The second-order valence-electron chi connectivity index (χ2n) is 7.41. The molecule has 2 rings (SSSR count). The Labute approximate surface area is 146 Å². The van der Waals surface area contributed by atoms with Gasteiger partial charge < -0.3 is 9.84 Å². The highest BCUT2D eigenvalue weighted by atomic mass is 16.5. The van der Waals surface area contributed by atoms with Gasteiger partial charge in [-0.25, -0.2) is 0 Å². The Morgan fingerprint density at radius 2 is 2.04 bits per heavy atom. The van der Waals surface area contributed by atoms with Crippen molar-refractivity contribution in [1.82, 2.24) is 0 Å². The molecule has 2 atom stereocenters. The number of aliphatic carboxylic acids is 1. The molecule has 1 aromatic rings. The van der Waals surface area contributed by atoms with Gasteiger partial charge in [-0.3, -0.25) is 4.79 Å². The first-order valence-corrected chi connectivity index (χ1v) is 9.50. The van der Waals surface area contributed by atoms with E-state index in [-0.39, 0.29) is 6.42 Å². The van der Waals surface area contributed by atoms with Crippen molar-refractivity contribution in [3.8, 4) is 5.75 Å². The summed E-state index contributed by atoms with van der Waals surface area (Å²) in [4.78, 5) is 10.6. The molecule has 0 spiro atoms. The van der Waals surface area contributed by atoms with E-state index in [1.807, 2.05) is 24.3 Å². The third kappa shape index (κ3) is 5.54. The molecule has 24 heavy (non-hydrogen) atoms. The van der Waals surface area contributed by atoms with Gasteiger partial charge >= 0.3 is 5.97 Å². The Morgan fingerprint density at radius 3 is 2.67 bits per heavy atom. The molecule has 0 saturated heterocycles. The Kier molecular flexibility index (Phi) is 7.14. The largest absolute Gasteiger partial charge is 0.493 e. The van der Waals surface area contributed by atoms with Crippen LogP contribution < -0.4 is 4.74 Å². The van der Waals surface area contributed by atoms with Crippen LogP contribution in [0.1, 0.15) is 70.8 Å². The zero-order valence-electron chi connectivity index (χ0n) is 15.2. The van der Waals surface area contributed by atoms with E-state index in [1.165, 1.54) is 44.9 Å². The zero-order valence-corrected chi connectivity index (χ0v) is 15.2. The van der Waals surface area contributed by atoms with Gasteiger partial charge in [0.25, 0.3) is 0 Å². The Hall–Kier alpha value is -1.51. The molecule has 1 saturated carbocycles. The van der Waals surface area contributed by atoms with Crippen molar-refractivity contribution in [3.63, 3.8) is 0 Å². The average Bonchev–Trinajstić information content (AvgIpc) is 2.59. The lowest BCUT2D eigenvalue weighted by Crippen LogP contribution is -2.30. The molecule has 0 aromatic heterocycles. The molecule has 3 nitrogen and oxygen atoms in total. The molecule has 1 aliphatic carbocycles. The number of carbonyl (C=O) groups is 1. The van der Waals surface area contributed by atoms with Crippen LogP contribution in [-0.2, 0) is 11.2 Å². The second-order valence-corrected chi connectivity index (χ2v) is 7.41. The van der Waals surface area contributed by atoms with Crippen molar-refractivity contribution in [2.24, 2.45) is 11.3 Å². The molecule has 0 amide bonds. The minimum Gasteiger partial charge on any atom is -0.493 e. The Morgan fingerprint density at radius 1 is 1.29 bits per heavy atom. The van der Waals surface area contributed by atoms with Crippen LogP contribution in [0.4, 0.5) is 0 Å². The van der Waals surface area contributed by atoms with Gasteiger partial charge in [0, 0.05) is 6.42 Å². The van der Waals surface area contributed by atoms with Gasteiger partial charge in [0.15, 0.2) is 0 Å². The molecule has 1 N–H and O–H groups in total. The summed E-state index contributed by atoms with van der Waals surface area (Å²) in [5.41, 5.74) is 1.59. The number of carboxylic acids is 1. The van der Waals surface area contributed by atoms with Gasteiger partial charge in [-0.15, -0.1) is 0 Å². The van der Waals surface area contributed by atoms with Crippen molar-refractivity contribution < 1.29 is 14.6 Å². The van der Waals surface area contributed by atoms with Crippen LogP contribution in [0.2, 0.25) is 0 Å². The first-order chi connectivity index (χ1) is 11.6. The number of rotatable bonds is 9. The maximum absolute atomic E-state index is 10.6. The molecule has 3 heteroatoms. The smallest absolute Gasteiger partial charge is 0.303 e. The summed E-state index contributed by atoms with van der Waals surface area (Å²) in [5, 5.41) is 8.73. The summed E-state index contributed by atoms with van der Waals surface area (Å²) in [7, 11) is 0. The lowest BCUT2D eigenvalue weighted by molar-refractivity contribution is -0.136. The van der Waals surface area contributed by atoms with Crippen molar-refractivity contribution >= 4 is 5.97 Å². The van der Waals surface area contributed by atoms with Crippen LogP contribution >= 0.6 is 0 Å². The molecule has 0 bridgehead atoms. The third-order valence-corrected chi connectivity index (χ3v) is 5.61. The van der Waals surface area contributed by atoms with Crippen molar-refractivity contribution in [3.05, 3.63) is 29.8 Å². The van der Waals surface area contributed by atoms with Crippen LogP contribution in [-0.4, -0.2) is 17.7 Å². The van der Waals surface area contributed by atoms with E-state index in [0.29, 0.717) is 17.8 Å². The van der Waals surface area contributed by atoms with E-state index in [1.54, 1.807) is 0 Å². The highest BCUT2D eigenvalue weighted by Gasteiger charge is 2.34. The van der Waals surface area contributed by atoms with Crippen molar-refractivity contribution in [1.29, 1.82) is 0 Å². The SMILES string of the molecule is CCCC1(CC)CCCC(COc2ccc(CCC(=O)O)cc2)C1. The fourth-order valence-corrected chi connectivity index (χ4v) is 4.20. The quantitative estimate of drug-likeness (QED) is 0.652. The molecular weight excluding hydrogens is 300 g/mol. The molecule has 1 aromatic carbocycles. The van der Waals surface area contributed by atoms with E-state index in [0.717, 1.165) is 17.9 Å². The fourth-order valence-electron chi connectivity index (χ4n) is 4.20. The van der Waals surface area contributed by atoms with Gasteiger partial charge in [0.2, 0.25) is 0 Å². The fraction of sp³-hybridized carbons (Fsp3) is 0.667. The zero-order chi connectivity index (χ0) is 17.4. The van der Waals surface area contributed by atoms with Gasteiger partial charge in [0.05, 0.1) is 6.61 Å². The van der Waals surface area contributed by atoms with E-state index >= 15 is 0 Å². The normalized spacial score (nSPS) is 23.8. The van der Waals surface area contributed by atoms with Crippen LogP contribution in [0.15, 0.2) is 24.3 Å². The molecule has 0 heterocycles. The first kappa shape index (κ1) is 18.8. The topological polar surface area (TPSA) is 46.5 Å². The van der Waals surface area contributed by atoms with Crippen molar-refractivity contribution in [2.75, 3.05) is 6.61 Å². The van der Waals surface area contributed by atoms with Crippen LogP contribution in [0, 0.1) is 11.3 Å². The van der Waals surface area contributed by atoms with Crippen molar-refractivity contribution in [2.45, 2.75) is 71.6 Å². The van der Waals surface area contributed by atoms with Crippen LogP contribution in [0.5, 0.6) is 5.75 Å². The Bertz CT molecular complexity index is 504. The lowest BCUT2D eigenvalue weighted by Gasteiger charge is -2.40. The summed E-state index contributed by atoms with van der Waals surface area (Å²) in [6.45, 7) is 5.44. The van der Waals surface area contributed by atoms with Crippen LogP contribution in [0.25, 0.3) is 0 Å². The number of aryl methyl sites for hydroxylation is 1. The number of benzene rings is 1. The van der Waals surface area contributed by atoms with E-state index < -0.39 is 5.97 Å². The highest BCUT2D eigenvalue weighted by Crippen LogP contribution is 2.45. The van der Waals surface area contributed by atoms with Gasteiger partial charge in [-0.1, -0.05) is 45.2 Å². The number of carboxylic acid groups (broad SMARTS) is 1. The van der Waals surface area contributed by atoms with E-state index in [2.05, 4.69) is 13.8 Å². The molecular formula is C21H32O3. The van der Waals surface area contributed by atoms with E-state index in [9.17, 15) is 4.79 Å². The van der Waals surface area contributed by atoms with E-state index in [4.69, 9.17) is 9.84 Å². The first-order valence-electron chi connectivity index (χ1n) is 9.50. The van der Waals surface area contributed by atoms with Gasteiger partial charge in [0.1, 0.15) is 5.75 Å². The number of hydrogen-bond acceptors (Lipinski definition) is 2. The molecule has 1 fully saturated rings. The summed E-state index contributed by atoms with van der Waals surface area (Å²) >= 11 is 0. The number of ether oxygens (including phenoxy) is 1. The molecule has 2 unspecified atom stereocenters. The third-order valence-electron chi connectivity index (χ3n) is 5.61. The summed E-state index contributed by atoms with van der Waals surface area (Å²) < 4.78 is 6.03. The minimum absolute atomic E-state index is 0.179. The standard InChI is InChI=1S/C21H32O3/c1-3-13-21(4-2)14-5-6-18(15-21)16-24-19-10-7-17(8-11-19)9-12-20(22)23/h7-8,10-11,18H,3-6,9,12-16H2,1-2H3,(H,22,23). The molecule has 1 aliphatic rings. The highest BCUT2D eigenvalue weighted by molar-refractivity contribution is 5.67. The molecule has 0 aliphatic heterocycles. The van der Waals surface area contributed by atoms with Gasteiger partial charge in [-0.05, 0) is 61.1 Å². The summed E-state index contributed by atoms with van der Waals surface area (Å²) in [6.07, 6.45) is 9.96. The molecule has 0 radical (unpaired) electrons. The predicted octanol–water partition coefficient (Wildman–Crippen LogP) is 5.47. The summed E-state index contributed by atoms with van der Waals surface area (Å²) in [5.74, 6) is 0.813. The average molecular weight is 332 g/mol. The monoisotopic (exact) mass is 332 g/mol. The van der Waals surface area contributed by atoms with Crippen LogP contribution in [0.3, 0.4) is 0 Å².